The van der Waals surface area contributed by atoms with Crippen molar-refractivity contribution in [1.82, 2.24) is 4.90 Å². The lowest BCUT2D eigenvalue weighted by Gasteiger charge is -2.33. The van der Waals surface area contributed by atoms with E-state index in [4.69, 9.17) is 0 Å². The molecule has 0 aliphatic carbocycles. The molecule has 4 rings (SSSR count). The first-order valence-corrected chi connectivity index (χ1v) is 7.83. The summed E-state index contributed by atoms with van der Waals surface area (Å²) in [6.07, 6.45) is 4.60. The Balaban J connectivity index is 1.74. The first-order valence-electron chi connectivity index (χ1n) is 7.83. The maximum atomic E-state index is 12.9. The smallest absolute Gasteiger partial charge is 0.185 e. The van der Waals surface area contributed by atoms with Crippen LogP contribution in [0, 0.1) is 17.2 Å². The highest BCUT2D eigenvalue weighted by Gasteiger charge is 2.45. The summed E-state index contributed by atoms with van der Waals surface area (Å²) in [5, 5.41) is 9.59. The molecule has 3 nitrogen and oxygen atoms in total. The number of hydrogen-bond acceptors (Lipinski definition) is 3. The summed E-state index contributed by atoms with van der Waals surface area (Å²) in [6.45, 7) is 0. The van der Waals surface area contributed by atoms with Gasteiger partial charge in [0, 0.05) is 11.8 Å². The predicted octanol–water partition coefficient (Wildman–Crippen LogP) is 3.81. The average molecular weight is 300 g/mol. The molecule has 2 heterocycles. The molecular weight excluding hydrogens is 284 g/mol. The van der Waals surface area contributed by atoms with Crippen LogP contribution in [0.1, 0.15) is 33.9 Å². The number of carbonyl (C=O) groups excluding carboxylic acids is 1. The molecule has 3 heteroatoms. The SMILES string of the molecule is N#C[C@@H]1C[C@@H](C(=O)c2ccccc2)N2C=Cc3ccccc3[C@H]12. The third-order valence-corrected chi connectivity index (χ3v) is 4.81. The maximum absolute atomic E-state index is 12.9. The number of hydrogen-bond donors (Lipinski definition) is 0. The standard InChI is InChI=1S/C20H16N2O/c21-13-16-12-18(20(23)15-7-2-1-3-8-15)22-11-10-14-6-4-5-9-17(14)19(16)22/h1-11,16,18-19H,12H2/t16-,18-,19-/m0/s1. The number of carbonyl (C=O) groups is 1. The van der Waals surface area contributed by atoms with Crippen molar-refractivity contribution in [2.75, 3.05) is 0 Å². The summed E-state index contributed by atoms with van der Waals surface area (Å²) < 4.78 is 0. The van der Waals surface area contributed by atoms with E-state index in [2.05, 4.69) is 23.1 Å². The molecule has 0 aromatic heterocycles. The molecule has 1 saturated heterocycles. The van der Waals surface area contributed by atoms with E-state index in [9.17, 15) is 10.1 Å². The molecule has 0 amide bonds. The van der Waals surface area contributed by atoms with Crippen molar-refractivity contribution in [3.8, 4) is 6.07 Å². The van der Waals surface area contributed by atoms with Crippen molar-refractivity contribution < 1.29 is 4.79 Å². The molecule has 0 saturated carbocycles. The van der Waals surface area contributed by atoms with Crippen LogP contribution in [0.2, 0.25) is 0 Å². The molecule has 23 heavy (non-hydrogen) atoms. The van der Waals surface area contributed by atoms with E-state index in [0.29, 0.717) is 12.0 Å². The van der Waals surface area contributed by atoms with E-state index < -0.39 is 0 Å². The molecule has 0 spiro atoms. The Morgan fingerprint density at radius 2 is 1.83 bits per heavy atom. The Hall–Kier alpha value is -2.86. The molecule has 2 aromatic rings. The lowest BCUT2D eigenvalue weighted by atomic mass is 9.89. The normalized spacial score (nSPS) is 24.7. The summed E-state index contributed by atoms with van der Waals surface area (Å²) in [7, 11) is 0. The summed E-state index contributed by atoms with van der Waals surface area (Å²) in [6, 6.07) is 19.6. The zero-order chi connectivity index (χ0) is 15.8. The summed E-state index contributed by atoms with van der Waals surface area (Å²) in [5.41, 5.74) is 2.99. The van der Waals surface area contributed by atoms with Crippen LogP contribution in [0.3, 0.4) is 0 Å². The van der Waals surface area contributed by atoms with Gasteiger partial charge in [-0.05, 0) is 23.6 Å². The van der Waals surface area contributed by atoms with Crippen molar-refractivity contribution >= 4 is 11.9 Å². The second-order valence-electron chi connectivity index (χ2n) is 6.05. The van der Waals surface area contributed by atoms with E-state index >= 15 is 0 Å². The fourth-order valence-electron chi connectivity index (χ4n) is 3.73. The second kappa shape index (κ2) is 5.40. The molecule has 2 aromatic carbocycles. The van der Waals surface area contributed by atoms with Gasteiger partial charge in [-0.2, -0.15) is 5.26 Å². The van der Waals surface area contributed by atoms with Gasteiger partial charge in [-0.15, -0.1) is 0 Å². The van der Waals surface area contributed by atoms with Crippen LogP contribution in [0.4, 0.5) is 0 Å². The summed E-state index contributed by atoms with van der Waals surface area (Å²) in [4.78, 5) is 15.0. The van der Waals surface area contributed by atoms with Gasteiger partial charge < -0.3 is 4.90 Å². The Bertz CT molecular complexity index is 819. The lowest BCUT2D eigenvalue weighted by Crippen LogP contribution is -2.35. The number of nitriles is 1. The molecule has 0 bridgehead atoms. The van der Waals surface area contributed by atoms with E-state index in [0.717, 1.165) is 11.1 Å². The minimum absolute atomic E-state index is 0.0288. The first-order chi connectivity index (χ1) is 11.3. The van der Waals surface area contributed by atoms with Gasteiger partial charge >= 0.3 is 0 Å². The van der Waals surface area contributed by atoms with Gasteiger partial charge in [-0.25, -0.2) is 0 Å². The fourth-order valence-corrected chi connectivity index (χ4v) is 3.73. The van der Waals surface area contributed by atoms with E-state index in [1.54, 1.807) is 0 Å². The lowest BCUT2D eigenvalue weighted by molar-refractivity contribution is 0.0885. The second-order valence-corrected chi connectivity index (χ2v) is 6.05. The van der Waals surface area contributed by atoms with Crippen molar-refractivity contribution in [1.29, 1.82) is 5.26 Å². The number of benzene rings is 2. The predicted molar refractivity (Wildman–Crippen MR) is 88.3 cm³/mol. The van der Waals surface area contributed by atoms with E-state index in [1.807, 2.05) is 54.7 Å². The molecule has 2 aliphatic rings. The largest absolute Gasteiger partial charge is 0.359 e. The minimum atomic E-state index is -0.267. The number of fused-ring (bicyclic) bond motifs is 3. The van der Waals surface area contributed by atoms with Crippen LogP contribution in [0.25, 0.3) is 6.08 Å². The van der Waals surface area contributed by atoms with Crippen LogP contribution in [0.15, 0.2) is 60.8 Å². The number of rotatable bonds is 2. The summed E-state index contributed by atoms with van der Waals surface area (Å²) in [5.74, 6) is -0.0730. The highest BCUT2D eigenvalue weighted by Crippen LogP contribution is 2.45. The van der Waals surface area contributed by atoms with Gasteiger partial charge in [-0.1, -0.05) is 54.6 Å². The monoisotopic (exact) mass is 300 g/mol. The quantitative estimate of drug-likeness (QED) is 0.792. The van der Waals surface area contributed by atoms with Crippen molar-refractivity contribution in [3.05, 3.63) is 77.5 Å². The Kier molecular flexibility index (Phi) is 3.24. The molecular formula is C20H16N2O. The number of nitrogens with zero attached hydrogens (tertiary/aromatic N) is 2. The zero-order valence-corrected chi connectivity index (χ0v) is 12.6. The van der Waals surface area contributed by atoms with Gasteiger partial charge in [0.1, 0.15) is 0 Å². The molecule has 2 aliphatic heterocycles. The average Bonchev–Trinajstić information content (AvgIpc) is 3.01. The zero-order valence-electron chi connectivity index (χ0n) is 12.6. The van der Waals surface area contributed by atoms with Crippen molar-refractivity contribution in [2.24, 2.45) is 5.92 Å². The van der Waals surface area contributed by atoms with Crippen LogP contribution in [0.5, 0.6) is 0 Å². The highest BCUT2D eigenvalue weighted by molar-refractivity contribution is 6.00. The minimum Gasteiger partial charge on any atom is -0.359 e. The Morgan fingerprint density at radius 1 is 1.09 bits per heavy atom. The third-order valence-electron chi connectivity index (χ3n) is 4.81. The van der Waals surface area contributed by atoms with Crippen LogP contribution in [-0.2, 0) is 0 Å². The van der Waals surface area contributed by atoms with E-state index in [-0.39, 0.29) is 23.8 Å². The van der Waals surface area contributed by atoms with Gasteiger partial charge in [-0.3, -0.25) is 4.79 Å². The van der Waals surface area contributed by atoms with Crippen molar-refractivity contribution in [3.63, 3.8) is 0 Å². The van der Waals surface area contributed by atoms with Crippen LogP contribution in [-0.4, -0.2) is 16.7 Å². The maximum Gasteiger partial charge on any atom is 0.185 e. The Labute approximate surface area is 135 Å². The topological polar surface area (TPSA) is 44.1 Å². The van der Waals surface area contributed by atoms with Gasteiger partial charge in [0.2, 0.25) is 0 Å². The molecule has 0 radical (unpaired) electrons. The van der Waals surface area contributed by atoms with Gasteiger partial charge in [0.25, 0.3) is 0 Å². The molecule has 0 N–H and O–H groups in total. The van der Waals surface area contributed by atoms with Gasteiger partial charge in [0.15, 0.2) is 5.78 Å². The van der Waals surface area contributed by atoms with E-state index in [1.165, 1.54) is 0 Å². The van der Waals surface area contributed by atoms with Gasteiger partial charge in [0.05, 0.1) is 24.1 Å². The third kappa shape index (κ3) is 2.15. The fraction of sp³-hybridized carbons (Fsp3) is 0.200. The van der Waals surface area contributed by atoms with Crippen LogP contribution >= 0.6 is 0 Å². The number of Topliss-reactive ketones (excluding diaryl/α,β-unsaturated/α-hetero) is 1. The van der Waals surface area contributed by atoms with Crippen molar-refractivity contribution in [2.45, 2.75) is 18.5 Å². The highest BCUT2D eigenvalue weighted by atomic mass is 16.1. The first kappa shape index (κ1) is 13.8. The molecule has 3 atom stereocenters. The molecule has 112 valence electrons. The number of ketones is 1. The molecule has 0 unspecified atom stereocenters. The van der Waals surface area contributed by atoms with Crippen LogP contribution < -0.4 is 0 Å². The molecule has 1 fully saturated rings. The Morgan fingerprint density at radius 3 is 2.61 bits per heavy atom. The summed E-state index contributed by atoms with van der Waals surface area (Å²) >= 11 is 0.